The van der Waals surface area contributed by atoms with Crippen LogP contribution in [0.3, 0.4) is 0 Å². The minimum atomic E-state index is 0. The molecule has 1 rings (SSSR count). The van der Waals surface area contributed by atoms with Gasteiger partial charge in [-0.3, -0.25) is 0 Å². The van der Waals surface area contributed by atoms with Gasteiger partial charge in [0, 0.05) is 39.3 Å². The molecule has 1 N–H and O–H groups in total. The Labute approximate surface area is 94.3 Å². The summed E-state index contributed by atoms with van der Waals surface area (Å²) in [5.74, 6) is 0.552. The van der Waals surface area contributed by atoms with Crippen molar-refractivity contribution in [2.45, 2.75) is 13.8 Å². The Hall–Kier alpha value is 0.474. The van der Waals surface area contributed by atoms with Gasteiger partial charge < -0.3 is 16.8 Å². The van der Waals surface area contributed by atoms with E-state index in [9.17, 15) is 0 Å². The maximum atomic E-state index is 3.99. The molecule has 2 nitrogen and oxygen atoms in total. The normalized spacial score (nSPS) is 21.0. The molecule has 1 saturated heterocycles. The van der Waals surface area contributed by atoms with Crippen LogP contribution in [0.1, 0.15) is 13.8 Å². The van der Waals surface area contributed by atoms with Crippen LogP contribution >= 0.6 is 0 Å². The second-order valence-corrected chi connectivity index (χ2v) is 2.92. The number of nitrogens with zero attached hydrogens (tertiary/aromatic N) is 1. The summed E-state index contributed by atoms with van der Waals surface area (Å²) >= 11 is 0. The summed E-state index contributed by atoms with van der Waals surface area (Å²) in [5.41, 5.74) is 1.20. The molecule has 0 aromatic carbocycles. The van der Waals surface area contributed by atoms with Crippen LogP contribution in [-0.2, 0) is 32.7 Å². The quantitative estimate of drug-likeness (QED) is 0.514. The Morgan fingerprint density at radius 2 is 2.27 bits per heavy atom. The van der Waals surface area contributed by atoms with Crippen LogP contribution in [0.5, 0.6) is 0 Å². The molecule has 61 valence electrons. The Morgan fingerprint density at radius 3 is 2.64 bits per heavy atom. The predicted molar refractivity (Wildman–Crippen MR) is 42.6 cm³/mol. The molecule has 0 unspecified atom stereocenters. The zero-order valence-electron chi connectivity index (χ0n) is 7.30. The first-order valence-electron chi connectivity index (χ1n) is 3.74. The smallest absolute Gasteiger partial charge is 0.126 e. The number of hydrogen-bond donors (Lipinski definition) is 1. The topological polar surface area (TPSA) is 15.0 Å². The van der Waals surface area contributed by atoms with Gasteiger partial charge in [-0.15, -0.1) is 5.71 Å². The van der Waals surface area contributed by atoms with E-state index < -0.39 is 0 Å². The summed E-state index contributed by atoms with van der Waals surface area (Å²) in [4.78, 5) is 0. The third-order valence-electron chi connectivity index (χ3n) is 1.78. The van der Waals surface area contributed by atoms with E-state index >= 15 is 0 Å². The fourth-order valence-corrected chi connectivity index (χ4v) is 0.982. The van der Waals surface area contributed by atoms with Gasteiger partial charge in [-0.05, 0) is 0 Å². The van der Waals surface area contributed by atoms with E-state index in [-0.39, 0.29) is 32.7 Å². The molecule has 0 aromatic heterocycles. The van der Waals surface area contributed by atoms with E-state index in [1.807, 2.05) is 6.67 Å². The molecule has 1 radical (unpaired) electrons. The third kappa shape index (κ3) is 3.14. The molecule has 0 saturated carbocycles. The van der Waals surface area contributed by atoms with Gasteiger partial charge in [-0.2, -0.15) is 0 Å². The van der Waals surface area contributed by atoms with E-state index in [2.05, 4.69) is 30.7 Å². The molecule has 3 heteroatoms. The fraction of sp³-hybridized carbons (Fsp3) is 0.625. The van der Waals surface area contributed by atoms with Gasteiger partial charge in [0.1, 0.15) is 6.54 Å². The van der Waals surface area contributed by atoms with Crippen molar-refractivity contribution in [2.24, 2.45) is 5.92 Å². The van der Waals surface area contributed by atoms with Crippen LogP contribution in [0.2, 0.25) is 0 Å². The molecule has 1 aliphatic heterocycles. The number of rotatable bonds is 1. The maximum Gasteiger partial charge on any atom is 0.126 e. The number of hydrogen-bond acceptors (Lipinski definition) is 1. The number of nitrogens with one attached hydrogen (secondary N) is 1. The molecule has 1 fully saturated rings. The van der Waals surface area contributed by atoms with Crippen molar-refractivity contribution < 1.29 is 37.3 Å². The van der Waals surface area contributed by atoms with E-state index in [0.29, 0.717) is 5.92 Å². The molecule has 1 aliphatic rings. The van der Waals surface area contributed by atoms with Crippen LogP contribution in [0, 0.1) is 19.5 Å². The molecular weight excluding hydrogens is 213 g/mol. The Kier molecular flexibility index (Phi) is 5.40. The van der Waals surface area contributed by atoms with Crippen molar-refractivity contribution in [3.05, 3.63) is 13.6 Å². The van der Waals surface area contributed by atoms with Gasteiger partial charge in [0.15, 0.2) is 0 Å². The molecule has 0 aromatic rings. The second kappa shape index (κ2) is 5.18. The average Bonchev–Trinajstić information content (AvgIpc) is 2.36. The van der Waals surface area contributed by atoms with Crippen molar-refractivity contribution in [1.29, 1.82) is 0 Å². The van der Waals surface area contributed by atoms with Crippen molar-refractivity contribution >= 4 is 5.71 Å². The molecule has 0 bridgehead atoms. The van der Waals surface area contributed by atoms with Gasteiger partial charge in [-0.1, -0.05) is 19.8 Å². The standard InChI is InChI=1S/C8H15N2.Y/c1-7(2)8(3)10-5-4-9-6-10;/h6-7,9H,3-5H2,1-2H3;/q-1;. The minimum Gasteiger partial charge on any atom is -0.405 e. The molecule has 0 spiro atoms. The largest absolute Gasteiger partial charge is 0.405 e. The van der Waals surface area contributed by atoms with Crippen molar-refractivity contribution in [1.82, 2.24) is 5.32 Å². The van der Waals surface area contributed by atoms with Crippen LogP contribution in [0.4, 0.5) is 0 Å². The predicted octanol–water partition coefficient (Wildman–Crippen LogP) is 0.650. The van der Waals surface area contributed by atoms with Crippen LogP contribution in [0.25, 0.3) is 0 Å². The van der Waals surface area contributed by atoms with Crippen molar-refractivity contribution in [3.8, 4) is 0 Å². The van der Waals surface area contributed by atoms with Crippen LogP contribution in [0.15, 0.2) is 0 Å². The van der Waals surface area contributed by atoms with Gasteiger partial charge in [0.25, 0.3) is 0 Å². The van der Waals surface area contributed by atoms with Gasteiger partial charge in [-0.25, -0.2) is 0 Å². The molecule has 1 heterocycles. The Bertz CT molecular complexity index is 144. The maximum absolute atomic E-state index is 3.99. The fourth-order valence-electron chi connectivity index (χ4n) is 0.982. The monoisotopic (exact) mass is 228 g/mol. The van der Waals surface area contributed by atoms with E-state index in [1.54, 1.807) is 0 Å². The Balaban J connectivity index is 0.000001000. The summed E-state index contributed by atoms with van der Waals surface area (Å²) in [6, 6.07) is 0. The summed E-state index contributed by atoms with van der Waals surface area (Å²) in [5, 5.41) is 3.15. The molecule has 0 amide bonds. The van der Waals surface area contributed by atoms with Gasteiger partial charge in [0.2, 0.25) is 0 Å². The van der Waals surface area contributed by atoms with E-state index in [4.69, 9.17) is 0 Å². The first-order chi connectivity index (χ1) is 4.72. The van der Waals surface area contributed by atoms with Crippen molar-refractivity contribution in [2.75, 3.05) is 13.1 Å². The SMILES string of the molecule is [CH2-]/C(C(C)C)=[N+]1\[CH-]NCC1.[Y]. The summed E-state index contributed by atoms with van der Waals surface area (Å²) in [6.45, 7) is 12.4. The third-order valence-corrected chi connectivity index (χ3v) is 1.78. The zero-order chi connectivity index (χ0) is 7.56. The first kappa shape index (κ1) is 11.5. The molecule has 11 heavy (non-hydrogen) atoms. The van der Waals surface area contributed by atoms with Crippen LogP contribution < -0.4 is 5.32 Å². The molecule has 0 atom stereocenters. The zero-order valence-corrected chi connectivity index (χ0v) is 10.1. The summed E-state index contributed by atoms with van der Waals surface area (Å²) in [7, 11) is 0. The second-order valence-electron chi connectivity index (χ2n) is 2.92. The van der Waals surface area contributed by atoms with Gasteiger partial charge in [0.05, 0.1) is 6.67 Å². The summed E-state index contributed by atoms with van der Waals surface area (Å²) in [6.07, 6.45) is 0. The Morgan fingerprint density at radius 1 is 1.64 bits per heavy atom. The average molecular weight is 228 g/mol. The van der Waals surface area contributed by atoms with Crippen molar-refractivity contribution in [3.63, 3.8) is 0 Å². The first-order valence-corrected chi connectivity index (χ1v) is 3.74. The van der Waals surface area contributed by atoms with E-state index in [1.165, 1.54) is 5.71 Å². The minimum absolute atomic E-state index is 0. The molecule has 0 aliphatic carbocycles. The summed E-state index contributed by atoms with van der Waals surface area (Å²) < 4.78 is 2.17. The van der Waals surface area contributed by atoms with E-state index in [0.717, 1.165) is 13.1 Å². The van der Waals surface area contributed by atoms with Crippen LogP contribution in [-0.4, -0.2) is 23.4 Å². The van der Waals surface area contributed by atoms with Gasteiger partial charge >= 0.3 is 0 Å². The molecular formula is C8H15N2Y-.